The van der Waals surface area contributed by atoms with Gasteiger partial charge in [-0.1, -0.05) is 17.7 Å². The fourth-order valence-electron chi connectivity index (χ4n) is 2.58. The molecule has 0 spiro atoms. The Morgan fingerprint density at radius 1 is 1.28 bits per heavy atom. The molecule has 3 heteroatoms. The van der Waals surface area contributed by atoms with Gasteiger partial charge in [0.1, 0.15) is 0 Å². The van der Waals surface area contributed by atoms with Gasteiger partial charge in [0.25, 0.3) is 0 Å². The molecular weight excluding hydrogens is 222 g/mol. The van der Waals surface area contributed by atoms with Crippen LogP contribution in [-0.4, -0.2) is 36.6 Å². The van der Waals surface area contributed by atoms with Crippen molar-refractivity contribution in [1.82, 2.24) is 15.2 Å². The molecule has 1 unspecified atom stereocenters. The summed E-state index contributed by atoms with van der Waals surface area (Å²) in [5.74, 6) is 0. The molecule has 1 aromatic carbocycles. The molecule has 0 radical (unpaired) electrons. The van der Waals surface area contributed by atoms with E-state index in [4.69, 9.17) is 4.98 Å². The van der Waals surface area contributed by atoms with Crippen LogP contribution in [0, 0.1) is 6.92 Å². The SMILES string of the molecule is Cc1ccc2nc(C3CNCCN3C)ccc2c1. The van der Waals surface area contributed by atoms with Crippen molar-refractivity contribution in [3.8, 4) is 0 Å². The smallest absolute Gasteiger partial charge is 0.0706 e. The highest BCUT2D eigenvalue weighted by molar-refractivity contribution is 5.79. The zero-order valence-corrected chi connectivity index (χ0v) is 11.0. The van der Waals surface area contributed by atoms with Crippen LogP contribution >= 0.6 is 0 Å². The second-order valence-corrected chi connectivity index (χ2v) is 5.13. The summed E-state index contributed by atoms with van der Waals surface area (Å²) in [5.41, 5.74) is 3.55. The molecule has 2 heterocycles. The minimum absolute atomic E-state index is 0.393. The molecular formula is C15H19N3. The quantitative estimate of drug-likeness (QED) is 0.829. The predicted octanol–water partition coefficient (Wildman–Crippen LogP) is 2.12. The summed E-state index contributed by atoms with van der Waals surface area (Å²) in [7, 11) is 2.17. The summed E-state index contributed by atoms with van der Waals surface area (Å²) in [5, 5.41) is 4.67. The lowest BCUT2D eigenvalue weighted by molar-refractivity contribution is 0.199. The van der Waals surface area contributed by atoms with E-state index in [0.717, 1.165) is 25.2 Å². The third-order valence-electron chi connectivity index (χ3n) is 3.72. The summed E-state index contributed by atoms with van der Waals surface area (Å²) in [4.78, 5) is 7.18. The van der Waals surface area contributed by atoms with Gasteiger partial charge in [-0.25, -0.2) is 0 Å². The Bertz CT molecular complexity index is 565. The fraction of sp³-hybridized carbons (Fsp3) is 0.400. The number of nitrogens with zero attached hydrogens (tertiary/aromatic N) is 2. The van der Waals surface area contributed by atoms with E-state index in [-0.39, 0.29) is 0 Å². The molecule has 1 aliphatic rings. The van der Waals surface area contributed by atoms with Crippen molar-refractivity contribution in [1.29, 1.82) is 0 Å². The molecule has 2 aromatic rings. The van der Waals surface area contributed by atoms with E-state index in [9.17, 15) is 0 Å². The van der Waals surface area contributed by atoms with Crippen LogP contribution in [0.4, 0.5) is 0 Å². The van der Waals surface area contributed by atoms with Crippen molar-refractivity contribution in [3.05, 3.63) is 41.6 Å². The standard InChI is InChI=1S/C15H19N3/c1-11-3-5-13-12(9-11)4-6-14(17-13)15-10-16-7-8-18(15)2/h3-6,9,15-16H,7-8,10H2,1-2H3. The predicted molar refractivity (Wildman–Crippen MR) is 74.7 cm³/mol. The maximum atomic E-state index is 4.81. The van der Waals surface area contributed by atoms with E-state index >= 15 is 0 Å². The average molecular weight is 241 g/mol. The number of fused-ring (bicyclic) bond motifs is 1. The van der Waals surface area contributed by atoms with Gasteiger partial charge in [0, 0.05) is 25.0 Å². The maximum absolute atomic E-state index is 4.81. The van der Waals surface area contributed by atoms with Gasteiger partial charge in [-0.3, -0.25) is 9.88 Å². The van der Waals surface area contributed by atoms with Crippen LogP contribution in [0.1, 0.15) is 17.3 Å². The molecule has 0 saturated carbocycles. The van der Waals surface area contributed by atoms with Gasteiger partial charge in [-0.15, -0.1) is 0 Å². The number of aromatic nitrogens is 1. The van der Waals surface area contributed by atoms with E-state index in [2.05, 4.69) is 54.5 Å². The Morgan fingerprint density at radius 3 is 3.00 bits per heavy atom. The molecule has 1 aromatic heterocycles. The molecule has 94 valence electrons. The normalized spacial score (nSPS) is 21.3. The number of rotatable bonds is 1. The molecule has 1 saturated heterocycles. The van der Waals surface area contributed by atoms with Gasteiger partial charge in [0.15, 0.2) is 0 Å². The Labute approximate surface area is 108 Å². The zero-order valence-electron chi connectivity index (χ0n) is 11.0. The van der Waals surface area contributed by atoms with E-state index in [1.54, 1.807) is 0 Å². The first-order valence-corrected chi connectivity index (χ1v) is 6.52. The first-order chi connectivity index (χ1) is 8.74. The number of hydrogen-bond donors (Lipinski definition) is 1. The topological polar surface area (TPSA) is 28.2 Å². The molecule has 0 aliphatic carbocycles. The maximum Gasteiger partial charge on any atom is 0.0706 e. The Hall–Kier alpha value is -1.45. The second-order valence-electron chi connectivity index (χ2n) is 5.13. The Balaban J connectivity index is 1.99. The molecule has 1 N–H and O–H groups in total. The molecule has 18 heavy (non-hydrogen) atoms. The number of hydrogen-bond acceptors (Lipinski definition) is 3. The van der Waals surface area contributed by atoms with Crippen LogP contribution < -0.4 is 5.32 Å². The number of nitrogens with one attached hydrogen (secondary N) is 1. The van der Waals surface area contributed by atoms with Gasteiger partial charge < -0.3 is 5.32 Å². The summed E-state index contributed by atoms with van der Waals surface area (Å²) in [6, 6.07) is 11.2. The third kappa shape index (κ3) is 2.11. The van der Waals surface area contributed by atoms with E-state index in [1.165, 1.54) is 16.6 Å². The number of aryl methyl sites for hydroxylation is 1. The monoisotopic (exact) mass is 241 g/mol. The van der Waals surface area contributed by atoms with Crippen LogP contribution in [0.2, 0.25) is 0 Å². The van der Waals surface area contributed by atoms with Crippen molar-refractivity contribution in [2.24, 2.45) is 0 Å². The first-order valence-electron chi connectivity index (χ1n) is 6.52. The minimum atomic E-state index is 0.393. The minimum Gasteiger partial charge on any atom is -0.313 e. The van der Waals surface area contributed by atoms with Crippen molar-refractivity contribution in [2.45, 2.75) is 13.0 Å². The molecule has 3 nitrogen and oxygen atoms in total. The molecule has 1 aliphatic heterocycles. The highest BCUT2D eigenvalue weighted by Gasteiger charge is 2.21. The van der Waals surface area contributed by atoms with Crippen LogP contribution in [0.15, 0.2) is 30.3 Å². The second kappa shape index (κ2) is 4.67. The third-order valence-corrected chi connectivity index (χ3v) is 3.72. The molecule has 3 rings (SSSR count). The van der Waals surface area contributed by atoms with Gasteiger partial charge in [0.05, 0.1) is 17.3 Å². The van der Waals surface area contributed by atoms with Crippen LogP contribution in [0.25, 0.3) is 10.9 Å². The lowest BCUT2D eigenvalue weighted by atomic mass is 10.1. The van der Waals surface area contributed by atoms with Crippen LogP contribution in [0.5, 0.6) is 0 Å². The number of benzene rings is 1. The van der Waals surface area contributed by atoms with Crippen LogP contribution in [0.3, 0.4) is 0 Å². The van der Waals surface area contributed by atoms with Gasteiger partial charge in [-0.05, 0) is 32.2 Å². The van der Waals surface area contributed by atoms with Gasteiger partial charge in [0.2, 0.25) is 0 Å². The summed E-state index contributed by atoms with van der Waals surface area (Å²) >= 11 is 0. The molecule has 1 atom stereocenters. The van der Waals surface area contributed by atoms with Crippen LogP contribution in [-0.2, 0) is 0 Å². The number of pyridine rings is 1. The van der Waals surface area contributed by atoms with E-state index in [0.29, 0.717) is 6.04 Å². The number of piperazine rings is 1. The summed E-state index contributed by atoms with van der Waals surface area (Å²) in [6.45, 7) is 5.26. The van der Waals surface area contributed by atoms with Gasteiger partial charge in [-0.2, -0.15) is 0 Å². The Kier molecular flexibility index (Phi) is 3.02. The first kappa shape index (κ1) is 11.6. The zero-order chi connectivity index (χ0) is 12.5. The largest absolute Gasteiger partial charge is 0.313 e. The average Bonchev–Trinajstić information content (AvgIpc) is 2.39. The van der Waals surface area contributed by atoms with Crippen molar-refractivity contribution in [2.75, 3.05) is 26.7 Å². The molecule has 0 amide bonds. The number of likely N-dealkylation sites (N-methyl/N-ethyl adjacent to an activating group) is 1. The Morgan fingerprint density at radius 2 is 2.17 bits per heavy atom. The van der Waals surface area contributed by atoms with Crippen molar-refractivity contribution in [3.63, 3.8) is 0 Å². The fourth-order valence-corrected chi connectivity index (χ4v) is 2.58. The highest BCUT2D eigenvalue weighted by Crippen LogP contribution is 2.22. The van der Waals surface area contributed by atoms with E-state index in [1.807, 2.05) is 0 Å². The molecule has 1 fully saturated rings. The van der Waals surface area contributed by atoms with Crippen molar-refractivity contribution < 1.29 is 0 Å². The summed E-state index contributed by atoms with van der Waals surface area (Å²) in [6.07, 6.45) is 0. The lowest BCUT2D eigenvalue weighted by Crippen LogP contribution is -2.44. The highest BCUT2D eigenvalue weighted by atomic mass is 15.2. The van der Waals surface area contributed by atoms with Gasteiger partial charge >= 0.3 is 0 Å². The van der Waals surface area contributed by atoms with Crippen molar-refractivity contribution >= 4 is 10.9 Å². The van der Waals surface area contributed by atoms with E-state index < -0.39 is 0 Å². The molecule has 0 bridgehead atoms. The summed E-state index contributed by atoms with van der Waals surface area (Å²) < 4.78 is 0. The lowest BCUT2D eigenvalue weighted by Gasteiger charge is -2.32.